The van der Waals surface area contributed by atoms with Crippen LogP contribution in [0.5, 0.6) is 0 Å². The van der Waals surface area contributed by atoms with Crippen molar-refractivity contribution in [3.63, 3.8) is 0 Å². The molecule has 9 heteroatoms. The monoisotopic (exact) mass is 754 g/mol. The molecule has 0 bridgehead atoms. The maximum atomic E-state index is 12.8. The van der Waals surface area contributed by atoms with Gasteiger partial charge in [-0.1, -0.05) is 104 Å². The summed E-state index contributed by atoms with van der Waals surface area (Å²) in [6.45, 7) is 23.6. The SMILES string of the molecule is CCCCCCCCON1C(C)(C)CC(OC(=O)CCCCCCCCC(=O)OC2CC(C)(C)N(OCCCCCCCC)C(C)(C)C2)CC1(C)C.N. The lowest BCUT2D eigenvalue weighted by Gasteiger charge is -2.53. The lowest BCUT2D eigenvalue weighted by Crippen LogP contribution is -2.62. The third-order valence-corrected chi connectivity index (χ3v) is 11.2. The van der Waals surface area contributed by atoms with Gasteiger partial charge in [-0.05, 0) is 81.1 Å². The number of rotatable bonds is 27. The van der Waals surface area contributed by atoms with Crippen molar-refractivity contribution in [2.75, 3.05) is 13.2 Å². The van der Waals surface area contributed by atoms with Crippen molar-refractivity contribution in [1.29, 1.82) is 0 Å². The zero-order chi connectivity index (χ0) is 38.7. The molecule has 0 radical (unpaired) electrons. The molecule has 0 aliphatic carbocycles. The van der Waals surface area contributed by atoms with Gasteiger partial charge in [0.25, 0.3) is 0 Å². The molecule has 2 saturated heterocycles. The van der Waals surface area contributed by atoms with Gasteiger partial charge in [-0.25, -0.2) is 0 Å². The Morgan fingerprint density at radius 3 is 1.02 bits per heavy atom. The first kappa shape index (κ1) is 49.8. The van der Waals surface area contributed by atoms with Gasteiger partial charge in [0.05, 0.1) is 13.2 Å². The molecular weight excluding hydrogens is 666 g/mol. The third-order valence-electron chi connectivity index (χ3n) is 11.2. The molecule has 3 N–H and O–H groups in total. The van der Waals surface area contributed by atoms with E-state index in [2.05, 4.69) is 79.4 Å². The van der Waals surface area contributed by atoms with Crippen molar-refractivity contribution in [3.05, 3.63) is 0 Å². The van der Waals surface area contributed by atoms with E-state index in [-0.39, 0.29) is 52.5 Å². The number of unbranched alkanes of at least 4 members (excludes halogenated alkanes) is 15. The Morgan fingerprint density at radius 1 is 0.453 bits per heavy atom. The minimum absolute atomic E-state index is 0. The molecule has 314 valence electrons. The number of esters is 2. The average Bonchev–Trinajstić information content (AvgIpc) is 3.02. The van der Waals surface area contributed by atoms with E-state index in [9.17, 15) is 9.59 Å². The number of hydrogen-bond acceptors (Lipinski definition) is 9. The number of hydrogen-bond donors (Lipinski definition) is 1. The highest BCUT2D eigenvalue weighted by Crippen LogP contribution is 2.41. The lowest BCUT2D eigenvalue weighted by atomic mass is 9.80. The van der Waals surface area contributed by atoms with Gasteiger partial charge in [0.1, 0.15) is 12.2 Å². The number of nitrogens with zero attached hydrogens (tertiary/aromatic N) is 2. The Bertz CT molecular complexity index is 886. The van der Waals surface area contributed by atoms with E-state index in [0.29, 0.717) is 12.8 Å². The molecule has 0 amide bonds. The highest BCUT2D eigenvalue weighted by Gasteiger charge is 2.49. The molecule has 2 rings (SSSR count). The molecule has 0 saturated carbocycles. The van der Waals surface area contributed by atoms with Crippen LogP contribution in [0.2, 0.25) is 0 Å². The topological polar surface area (TPSA) is 113 Å². The number of carbonyl (C=O) groups excluding carboxylic acids is 2. The second kappa shape index (κ2) is 25.1. The Kier molecular flexibility index (Phi) is 23.6. The van der Waals surface area contributed by atoms with Crippen LogP contribution in [0, 0.1) is 0 Å². The Labute approximate surface area is 327 Å². The predicted molar refractivity (Wildman–Crippen MR) is 219 cm³/mol. The second-order valence-electron chi connectivity index (χ2n) is 18.7. The Morgan fingerprint density at radius 2 is 0.717 bits per heavy atom. The summed E-state index contributed by atoms with van der Waals surface area (Å²) in [6, 6.07) is 0. The van der Waals surface area contributed by atoms with E-state index in [0.717, 1.165) is 90.3 Å². The quantitative estimate of drug-likeness (QED) is 0.0647. The zero-order valence-electron chi connectivity index (χ0n) is 36.6. The van der Waals surface area contributed by atoms with E-state index >= 15 is 0 Å². The summed E-state index contributed by atoms with van der Waals surface area (Å²) in [6.07, 6.45) is 24.7. The highest BCUT2D eigenvalue weighted by atomic mass is 16.7. The van der Waals surface area contributed by atoms with Crippen molar-refractivity contribution in [3.8, 4) is 0 Å². The van der Waals surface area contributed by atoms with Crippen molar-refractivity contribution in [2.24, 2.45) is 0 Å². The van der Waals surface area contributed by atoms with Gasteiger partial charge in [0.15, 0.2) is 0 Å². The van der Waals surface area contributed by atoms with Crippen LogP contribution in [0.15, 0.2) is 0 Å². The standard InChI is InChI=1S/C44H84N2O6.H3N/c1-11-13-15-17-23-27-31-49-45-41(3,4)33-37(34-42(45,5)6)51-39(47)29-25-21-19-20-22-26-30-40(48)52-38-35-43(7,8)46(44(9,10)36-38)50-32-28-24-18-16-14-12-2;/h37-38H,11-36H2,1-10H3;1H3. The number of carbonyl (C=O) groups is 2. The van der Waals surface area contributed by atoms with Crippen LogP contribution in [-0.2, 0) is 28.7 Å². The van der Waals surface area contributed by atoms with Gasteiger partial charge >= 0.3 is 11.9 Å². The van der Waals surface area contributed by atoms with Crippen molar-refractivity contribution < 1.29 is 28.7 Å². The summed E-state index contributed by atoms with van der Waals surface area (Å²) >= 11 is 0. The number of hydroxylamine groups is 4. The Balaban J connectivity index is 0.0000140. The van der Waals surface area contributed by atoms with Gasteiger partial charge in [0.2, 0.25) is 0 Å². The zero-order valence-corrected chi connectivity index (χ0v) is 36.6. The molecule has 2 aliphatic heterocycles. The first-order valence-corrected chi connectivity index (χ1v) is 21.8. The molecule has 0 spiro atoms. The summed E-state index contributed by atoms with van der Waals surface area (Å²) in [5.74, 6) is -0.162. The van der Waals surface area contributed by atoms with Gasteiger partial charge in [-0.15, -0.1) is 0 Å². The molecule has 0 unspecified atom stereocenters. The minimum atomic E-state index is -0.201. The average molecular weight is 754 g/mol. The smallest absolute Gasteiger partial charge is 0.306 e. The van der Waals surface area contributed by atoms with Gasteiger partial charge in [-0.3, -0.25) is 19.3 Å². The van der Waals surface area contributed by atoms with E-state index in [1.165, 1.54) is 64.2 Å². The molecule has 0 atom stereocenters. The number of piperidine rings is 2. The van der Waals surface area contributed by atoms with Crippen molar-refractivity contribution in [1.82, 2.24) is 16.3 Å². The van der Waals surface area contributed by atoms with Gasteiger partial charge in [-0.2, -0.15) is 10.1 Å². The van der Waals surface area contributed by atoms with Crippen LogP contribution in [0.25, 0.3) is 0 Å². The lowest BCUT2D eigenvalue weighted by molar-refractivity contribution is -0.293. The molecule has 0 aromatic carbocycles. The Hall–Kier alpha value is -1.26. The second-order valence-corrected chi connectivity index (χ2v) is 18.7. The van der Waals surface area contributed by atoms with E-state index in [1.54, 1.807) is 0 Å². The molecule has 53 heavy (non-hydrogen) atoms. The van der Waals surface area contributed by atoms with E-state index < -0.39 is 0 Å². The summed E-state index contributed by atoms with van der Waals surface area (Å²) < 4.78 is 12.0. The first-order valence-electron chi connectivity index (χ1n) is 21.8. The fraction of sp³-hybridized carbons (Fsp3) is 0.955. The molecule has 2 aliphatic rings. The van der Waals surface area contributed by atoms with Crippen LogP contribution in [0.1, 0.15) is 223 Å². The molecule has 9 nitrogen and oxygen atoms in total. The minimum Gasteiger partial charge on any atom is -0.462 e. The highest BCUT2D eigenvalue weighted by molar-refractivity contribution is 5.69. The summed E-state index contributed by atoms with van der Waals surface area (Å²) in [5, 5.41) is 4.35. The normalized spacial score (nSPS) is 20.2. The maximum absolute atomic E-state index is 12.8. The summed E-state index contributed by atoms with van der Waals surface area (Å²) in [7, 11) is 0. The molecule has 2 heterocycles. The van der Waals surface area contributed by atoms with Crippen molar-refractivity contribution in [2.45, 2.75) is 258 Å². The molecule has 2 fully saturated rings. The van der Waals surface area contributed by atoms with Crippen LogP contribution in [-0.4, -0.2) is 69.6 Å². The third kappa shape index (κ3) is 19.0. The molecular formula is C44H87N3O6. The maximum Gasteiger partial charge on any atom is 0.306 e. The van der Waals surface area contributed by atoms with Crippen molar-refractivity contribution >= 4 is 11.9 Å². The van der Waals surface area contributed by atoms with Gasteiger partial charge in [0, 0.05) is 60.7 Å². The number of ether oxygens (including phenoxy) is 2. The fourth-order valence-corrected chi connectivity index (χ4v) is 9.02. The van der Waals surface area contributed by atoms with Crippen LogP contribution in [0.4, 0.5) is 0 Å². The molecule has 0 aromatic rings. The fourth-order valence-electron chi connectivity index (χ4n) is 9.02. The molecule has 0 aromatic heterocycles. The van der Waals surface area contributed by atoms with Crippen LogP contribution >= 0.6 is 0 Å². The first-order chi connectivity index (χ1) is 24.5. The predicted octanol–water partition coefficient (Wildman–Crippen LogP) is 12.0. The van der Waals surface area contributed by atoms with E-state index in [4.69, 9.17) is 19.1 Å². The summed E-state index contributed by atoms with van der Waals surface area (Å²) in [4.78, 5) is 38.2. The van der Waals surface area contributed by atoms with E-state index in [1.807, 2.05) is 0 Å². The van der Waals surface area contributed by atoms with Crippen LogP contribution < -0.4 is 6.15 Å². The summed E-state index contributed by atoms with van der Waals surface area (Å²) in [5.41, 5.74) is -0.803. The van der Waals surface area contributed by atoms with Gasteiger partial charge < -0.3 is 15.6 Å². The van der Waals surface area contributed by atoms with Crippen LogP contribution in [0.3, 0.4) is 0 Å². The largest absolute Gasteiger partial charge is 0.462 e.